The lowest BCUT2D eigenvalue weighted by molar-refractivity contribution is 0.0154. The van der Waals surface area contributed by atoms with E-state index in [0.717, 1.165) is 44.3 Å². The first-order chi connectivity index (χ1) is 10.1. The van der Waals surface area contributed by atoms with Gasteiger partial charge in [-0.1, -0.05) is 6.07 Å². The first-order valence-corrected chi connectivity index (χ1v) is 9.05. The summed E-state index contributed by atoms with van der Waals surface area (Å²) >= 11 is 0. The minimum absolute atomic E-state index is 0.00470. The number of hydrogen-bond donors (Lipinski definition) is 2. The third-order valence-electron chi connectivity index (χ3n) is 4.15. The van der Waals surface area contributed by atoms with E-state index in [1.807, 2.05) is 0 Å². The normalized spacial score (nSPS) is 23.1. The zero-order valence-electron chi connectivity index (χ0n) is 12.0. The molecule has 2 fully saturated rings. The first-order valence-electron chi connectivity index (χ1n) is 7.57. The van der Waals surface area contributed by atoms with Gasteiger partial charge in [-0.05, 0) is 50.2 Å². The molecular formula is C15H22N2O3S. The van der Waals surface area contributed by atoms with Gasteiger partial charge >= 0.3 is 0 Å². The number of sulfonamides is 1. The van der Waals surface area contributed by atoms with Crippen LogP contribution < -0.4 is 10.5 Å². The summed E-state index contributed by atoms with van der Waals surface area (Å²) < 4.78 is 32.8. The monoisotopic (exact) mass is 310 g/mol. The van der Waals surface area contributed by atoms with Crippen LogP contribution in [-0.2, 0) is 14.8 Å². The standard InChI is InChI=1S/C15H22N2O3S/c16-14-9-12(21(18,19)17-10-11-4-5-11)6-7-13(14)15-3-1-2-8-20-15/h6-7,9,11,15,17H,1-5,8,10,16H2. The van der Waals surface area contributed by atoms with E-state index in [1.165, 1.54) is 0 Å². The maximum atomic E-state index is 12.2. The average Bonchev–Trinajstić information content (AvgIpc) is 3.30. The van der Waals surface area contributed by atoms with Crippen LogP contribution in [0, 0.1) is 5.92 Å². The molecule has 3 N–H and O–H groups in total. The van der Waals surface area contributed by atoms with E-state index in [0.29, 0.717) is 18.2 Å². The van der Waals surface area contributed by atoms with Crippen LogP contribution in [0.5, 0.6) is 0 Å². The Kier molecular flexibility index (Phi) is 4.19. The Morgan fingerprint density at radius 3 is 2.67 bits per heavy atom. The molecule has 0 amide bonds. The molecule has 116 valence electrons. The molecule has 1 aliphatic carbocycles. The SMILES string of the molecule is Nc1cc(S(=O)(=O)NCC2CC2)ccc1C1CCCCO1. The van der Waals surface area contributed by atoms with Crippen molar-refractivity contribution in [2.24, 2.45) is 5.92 Å². The number of nitrogens with one attached hydrogen (secondary N) is 1. The van der Waals surface area contributed by atoms with E-state index >= 15 is 0 Å². The van der Waals surface area contributed by atoms with Crippen molar-refractivity contribution < 1.29 is 13.2 Å². The van der Waals surface area contributed by atoms with Crippen molar-refractivity contribution in [3.05, 3.63) is 23.8 Å². The van der Waals surface area contributed by atoms with E-state index in [9.17, 15) is 8.42 Å². The number of anilines is 1. The van der Waals surface area contributed by atoms with Crippen molar-refractivity contribution in [3.8, 4) is 0 Å². The van der Waals surface area contributed by atoms with Crippen molar-refractivity contribution in [1.82, 2.24) is 4.72 Å². The zero-order chi connectivity index (χ0) is 14.9. The van der Waals surface area contributed by atoms with Gasteiger partial charge < -0.3 is 10.5 Å². The topological polar surface area (TPSA) is 81.4 Å². The third-order valence-corrected chi connectivity index (χ3v) is 5.58. The van der Waals surface area contributed by atoms with Gasteiger partial charge in [0.2, 0.25) is 10.0 Å². The van der Waals surface area contributed by atoms with E-state index in [1.54, 1.807) is 18.2 Å². The molecule has 0 spiro atoms. The third kappa shape index (κ3) is 3.56. The second kappa shape index (κ2) is 5.94. The largest absolute Gasteiger partial charge is 0.398 e. The minimum atomic E-state index is -3.46. The van der Waals surface area contributed by atoms with Crippen molar-refractivity contribution in [2.45, 2.75) is 43.1 Å². The Bertz CT molecular complexity index is 605. The molecule has 1 saturated heterocycles. The number of nitrogen functional groups attached to an aromatic ring is 1. The number of hydrogen-bond acceptors (Lipinski definition) is 4. The average molecular weight is 310 g/mol. The lowest BCUT2D eigenvalue weighted by Gasteiger charge is -2.24. The quantitative estimate of drug-likeness (QED) is 0.817. The molecule has 1 aliphatic heterocycles. The Hall–Kier alpha value is -1.11. The summed E-state index contributed by atoms with van der Waals surface area (Å²) in [4.78, 5) is 0.236. The smallest absolute Gasteiger partial charge is 0.240 e. The molecule has 1 unspecified atom stereocenters. The number of benzene rings is 1. The Labute approximate surface area is 125 Å². The number of rotatable bonds is 5. The van der Waals surface area contributed by atoms with Crippen molar-refractivity contribution in [2.75, 3.05) is 18.9 Å². The number of nitrogens with two attached hydrogens (primary N) is 1. The summed E-state index contributed by atoms with van der Waals surface area (Å²) in [6, 6.07) is 4.96. The van der Waals surface area contributed by atoms with Crippen LogP contribution in [-0.4, -0.2) is 21.6 Å². The summed E-state index contributed by atoms with van der Waals surface area (Å²) in [5.74, 6) is 0.507. The Balaban J connectivity index is 1.76. The van der Waals surface area contributed by atoms with Crippen LogP contribution in [0.1, 0.15) is 43.8 Å². The second-order valence-corrected chi connectivity index (χ2v) is 7.71. The summed E-state index contributed by atoms with van der Waals surface area (Å²) in [5, 5.41) is 0. The predicted octanol–water partition coefficient (Wildman–Crippen LogP) is 2.20. The van der Waals surface area contributed by atoms with Crippen LogP contribution in [0.4, 0.5) is 5.69 Å². The summed E-state index contributed by atoms with van der Waals surface area (Å²) in [7, 11) is -3.46. The van der Waals surface area contributed by atoms with Crippen LogP contribution in [0.3, 0.4) is 0 Å². The second-order valence-electron chi connectivity index (χ2n) is 5.94. The lowest BCUT2D eigenvalue weighted by Crippen LogP contribution is -2.26. The van der Waals surface area contributed by atoms with E-state index < -0.39 is 10.0 Å². The summed E-state index contributed by atoms with van der Waals surface area (Å²) in [5.41, 5.74) is 7.44. The highest BCUT2D eigenvalue weighted by molar-refractivity contribution is 7.89. The molecule has 0 bridgehead atoms. The lowest BCUT2D eigenvalue weighted by atomic mass is 10.00. The molecule has 5 nitrogen and oxygen atoms in total. The summed E-state index contributed by atoms with van der Waals surface area (Å²) in [6.45, 7) is 1.27. The van der Waals surface area contributed by atoms with Gasteiger partial charge in [0.25, 0.3) is 0 Å². The van der Waals surface area contributed by atoms with Gasteiger partial charge in [0, 0.05) is 24.4 Å². The van der Waals surface area contributed by atoms with Crippen LogP contribution in [0.2, 0.25) is 0 Å². The van der Waals surface area contributed by atoms with E-state index in [-0.39, 0.29) is 11.0 Å². The molecular weight excluding hydrogens is 288 g/mol. The minimum Gasteiger partial charge on any atom is -0.398 e. The van der Waals surface area contributed by atoms with E-state index in [4.69, 9.17) is 10.5 Å². The molecule has 1 atom stereocenters. The maximum absolute atomic E-state index is 12.2. The molecule has 1 aromatic rings. The highest BCUT2D eigenvalue weighted by Crippen LogP contribution is 2.33. The molecule has 0 aromatic heterocycles. The van der Waals surface area contributed by atoms with E-state index in [2.05, 4.69) is 4.72 Å². The van der Waals surface area contributed by atoms with Gasteiger partial charge in [0.1, 0.15) is 0 Å². The summed E-state index contributed by atoms with van der Waals surface area (Å²) in [6.07, 6.45) is 5.36. The molecule has 3 rings (SSSR count). The molecule has 1 heterocycles. The fourth-order valence-corrected chi connectivity index (χ4v) is 3.78. The van der Waals surface area contributed by atoms with Gasteiger partial charge in [-0.3, -0.25) is 0 Å². The van der Waals surface area contributed by atoms with Gasteiger partial charge in [-0.25, -0.2) is 13.1 Å². The molecule has 0 radical (unpaired) electrons. The predicted molar refractivity (Wildman–Crippen MR) is 81.3 cm³/mol. The molecule has 6 heteroatoms. The molecule has 21 heavy (non-hydrogen) atoms. The Morgan fingerprint density at radius 1 is 1.24 bits per heavy atom. The van der Waals surface area contributed by atoms with Gasteiger partial charge in [0.15, 0.2) is 0 Å². The molecule has 2 aliphatic rings. The fraction of sp³-hybridized carbons (Fsp3) is 0.600. The van der Waals surface area contributed by atoms with Gasteiger partial charge in [0.05, 0.1) is 11.0 Å². The number of ether oxygens (including phenoxy) is 1. The van der Waals surface area contributed by atoms with Crippen molar-refractivity contribution in [3.63, 3.8) is 0 Å². The maximum Gasteiger partial charge on any atom is 0.240 e. The molecule has 1 aromatic carbocycles. The van der Waals surface area contributed by atoms with Crippen molar-refractivity contribution in [1.29, 1.82) is 0 Å². The molecule has 1 saturated carbocycles. The van der Waals surface area contributed by atoms with Gasteiger partial charge in [-0.15, -0.1) is 0 Å². The van der Waals surface area contributed by atoms with Gasteiger partial charge in [-0.2, -0.15) is 0 Å². The van der Waals surface area contributed by atoms with Crippen LogP contribution >= 0.6 is 0 Å². The fourth-order valence-electron chi connectivity index (χ4n) is 2.63. The van der Waals surface area contributed by atoms with Crippen LogP contribution in [0.15, 0.2) is 23.1 Å². The first kappa shape index (κ1) is 14.8. The highest BCUT2D eigenvalue weighted by Gasteiger charge is 2.25. The highest BCUT2D eigenvalue weighted by atomic mass is 32.2. The Morgan fingerprint density at radius 2 is 2.05 bits per heavy atom. The van der Waals surface area contributed by atoms with Crippen molar-refractivity contribution >= 4 is 15.7 Å². The zero-order valence-corrected chi connectivity index (χ0v) is 12.9. The van der Waals surface area contributed by atoms with Crippen LogP contribution in [0.25, 0.3) is 0 Å².